The molecule has 16 aromatic carbocycles. The van der Waals surface area contributed by atoms with Crippen LogP contribution in [0.3, 0.4) is 0 Å². The lowest BCUT2D eigenvalue weighted by Gasteiger charge is -2.35. The first-order chi connectivity index (χ1) is 60.4. The molecule has 123 heavy (non-hydrogen) atoms. The van der Waals surface area contributed by atoms with Crippen molar-refractivity contribution in [3.05, 3.63) is 387 Å². The maximum absolute atomic E-state index is 7.28. The molecule has 0 N–H and O–H groups in total. The number of furan rings is 3. The number of para-hydroxylation sites is 3. The third kappa shape index (κ3) is 9.31. The number of nitrogens with zero attached hydrogens (tertiary/aromatic N) is 1. The van der Waals surface area contributed by atoms with Gasteiger partial charge in [0.05, 0.1) is 10.8 Å². The van der Waals surface area contributed by atoms with Crippen LogP contribution in [0.1, 0.15) is 196 Å². The van der Waals surface area contributed by atoms with E-state index in [9.17, 15) is 0 Å². The molecule has 2 spiro atoms. The fourth-order valence-corrected chi connectivity index (χ4v) is 25.6. The third-order valence-corrected chi connectivity index (χ3v) is 31.0. The van der Waals surface area contributed by atoms with Crippen LogP contribution in [0.5, 0.6) is 0 Å². The number of benzene rings is 16. The first-order valence-corrected chi connectivity index (χ1v) is 45.4. The van der Waals surface area contributed by atoms with Gasteiger partial charge in [-0.2, -0.15) is 0 Å². The minimum absolute atomic E-state index is 0.255. The average molecular weight is 1590 g/mol. The highest BCUT2D eigenvalue weighted by Gasteiger charge is 2.58. The summed E-state index contributed by atoms with van der Waals surface area (Å²) in [6.45, 7) is 14.6. The van der Waals surface area contributed by atoms with E-state index in [1.807, 2.05) is 0 Å². The van der Waals surface area contributed by atoms with Crippen LogP contribution < -0.4 is 4.90 Å². The lowest BCUT2D eigenvalue weighted by Crippen LogP contribution is -2.27. The SMILES string of the molecule is CCCCCCCC1(CCCCCCC)c2cc(N(c3ccc4c(c3)C(C)(C)c3cc5c(cc3-4)C(C)(C)c3ccc4oc6ccccc6c4c3-5)c3ccc4c(c3)C3(c5ccccc5-c5ccccc53)c3cc5c(cc3-4)C3(c4ccccc4-c4ccccc43)c3ccc4oc6ccccc6c4c3-5)ccc2-c2c1cc(-c1ccccc1)c1oc3ccccc3c21. The van der Waals surface area contributed by atoms with Gasteiger partial charge < -0.3 is 18.2 Å². The van der Waals surface area contributed by atoms with Crippen LogP contribution in [0.2, 0.25) is 0 Å². The fraction of sp³-hybridized carbons (Fsp3) is 0.193. The van der Waals surface area contributed by atoms with Crippen LogP contribution in [0.4, 0.5) is 17.1 Å². The molecule has 7 aliphatic carbocycles. The summed E-state index contributed by atoms with van der Waals surface area (Å²) in [7, 11) is 0. The standard InChI is InChI=1S/C119H93NO3/c1-7-9-11-13-32-60-117(61-33-14-12-10-8-2)98-63-72(52-55-80(98)108-102(117)65-84(70-34-16-15-17-35-70)114-113(108)83-42-24-31-49-105(83)123-114)120(71-50-53-78-85-66-97-87(68-96(85)116(5,6)95(78)62-71)109-93(115(97,3)4)56-58-106-111(109)81-40-22-29-47-103(81)121-106)73-51-54-79-86-67-101-88(69-100(86)119(99(79)64-73)91-45-27-20-38-76(91)77-39-21-28-46-92(77)119)110-94(57-59-107-112(110)82-41-23-30-48-104(82)122-107)118(101)89-43-25-18-36-74(89)75-37-19-26-44-90(75)118/h15-31,34-59,62-69H,7-14,32-33,60-61H2,1-6H3. The van der Waals surface area contributed by atoms with Crippen molar-refractivity contribution < 1.29 is 13.3 Å². The fourth-order valence-electron chi connectivity index (χ4n) is 25.6. The molecule has 19 aromatic rings. The first-order valence-electron chi connectivity index (χ1n) is 45.4. The molecule has 0 amide bonds. The second kappa shape index (κ2) is 25.9. The molecule has 0 atom stereocenters. The Morgan fingerprint density at radius 1 is 0.236 bits per heavy atom. The molecule has 0 aliphatic heterocycles. The zero-order valence-electron chi connectivity index (χ0n) is 70.6. The molecular formula is C119H93NO3. The van der Waals surface area contributed by atoms with E-state index >= 15 is 0 Å². The summed E-state index contributed by atoms with van der Waals surface area (Å²) in [5.74, 6) is 0. The van der Waals surface area contributed by atoms with Gasteiger partial charge in [0.1, 0.15) is 33.5 Å². The lowest BCUT2D eigenvalue weighted by molar-refractivity contribution is 0.399. The van der Waals surface area contributed by atoms with E-state index in [1.54, 1.807) is 0 Å². The highest BCUT2D eigenvalue weighted by atomic mass is 16.3. The molecular weight excluding hydrogens is 1490 g/mol. The highest BCUT2D eigenvalue weighted by molar-refractivity contribution is 6.21. The van der Waals surface area contributed by atoms with Gasteiger partial charge in [-0.25, -0.2) is 0 Å². The predicted octanol–water partition coefficient (Wildman–Crippen LogP) is 32.8. The van der Waals surface area contributed by atoms with Crippen molar-refractivity contribution in [3.63, 3.8) is 0 Å². The lowest BCUT2D eigenvalue weighted by atomic mass is 9.68. The molecule has 4 nitrogen and oxygen atoms in total. The van der Waals surface area contributed by atoms with Crippen LogP contribution in [-0.2, 0) is 27.1 Å². The van der Waals surface area contributed by atoms with Crippen LogP contribution in [0.15, 0.2) is 323 Å². The van der Waals surface area contributed by atoms with Gasteiger partial charge in [-0.05, 0) is 271 Å². The molecule has 3 aromatic heterocycles. The normalized spacial score (nSPS) is 15.5. The van der Waals surface area contributed by atoms with Crippen molar-refractivity contribution in [2.75, 3.05) is 4.90 Å². The molecule has 7 aliphatic rings. The second-order valence-electron chi connectivity index (χ2n) is 37.7. The Hall–Kier alpha value is -13.3. The molecule has 26 rings (SSSR count). The van der Waals surface area contributed by atoms with Crippen molar-refractivity contribution in [1.82, 2.24) is 0 Å². The largest absolute Gasteiger partial charge is 0.456 e. The maximum Gasteiger partial charge on any atom is 0.143 e. The number of hydrogen-bond donors (Lipinski definition) is 0. The van der Waals surface area contributed by atoms with Crippen LogP contribution in [0, 0.1) is 0 Å². The number of hydrogen-bond acceptors (Lipinski definition) is 4. The average Bonchev–Trinajstić information content (AvgIpc) is 1.48. The molecule has 0 fully saturated rings. The molecule has 0 saturated heterocycles. The van der Waals surface area contributed by atoms with Gasteiger partial charge in [0, 0.05) is 71.2 Å². The van der Waals surface area contributed by atoms with E-state index in [4.69, 9.17) is 13.3 Å². The second-order valence-corrected chi connectivity index (χ2v) is 37.7. The van der Waals surface area contributed by atoms with E-state index in [-0.39, 0.29) is 10.8 Å². The monoisotopic (exact) mass is 1580 g/mol. The Kier molecular flexibility index (Phi) is 15.0. The van der Waals surface area contributed by atoms with Gasteiger partial charge in [-0.1, -0.05) is 318 Å². The summed E-state index contributed by atoms with van der Waals surface area (Å²) < 4.78 is 21.0. The van der Waals surface area contributed by atoms with Crippen molar-refractivity contribution in [3.8, 4) is 89.0 Å². The summed E-state index contributed by atoms with van der Waals surface area (Å²) >= 11 is 0. The van der Waals surface area contributed by atoms with E-state index in [2.05, 4.69) is 356 Å². The quantitative estimate of drug-likeness (QED) is 0.0904. The van der Waals surface area contributed by atoms with E-state index in [0.29, 0.717) is 0 Å². The van der Waals surface area contributed by atoms with Crippen molar-refractivity contribution in [2.24, 2.45) is 0 Å². The molecule has 0 radical (unpaired) electrons. The number of fused-ring (bicyclic) bond motifs is 41. The summed E-state index contributed by atoms with van der Waals surface area (Å²) in [6.07, 6.45) is 14.1. The Morgan fingerprint density at radius 3 is 1.18 bits per heavy atom. The van der Waals surface area contributed by atoms with E-state index in [0.717, 1.165) is 81.6 Å². The molecule has 592 valence electrons. The highest BCUT2D eigenvalue weighted by Crippen LogP contribution is 2.71. The van der Waals surface area contributed by atoms with E-state index < -0.39 is 16.2 Å². The van der Waals surface area contributed by atoms with Gasteiger partial charge in [0.2, 0.25) is 0 Å². The van der Waals surface area contributed by atoms with Gasteiger partial charge in [-0.15, -0.1) is 0 Å². The Morgan fingerprint density at radius 2 is 0.602 bits per heavy atom. The van der Waals surface area contributed by atoms with Gasteiger partial charge >= 0.3 is 0 Å². The minimum Gasteiger partial charge on any atom is -0.456 e. The maximum atomic E-state index is 7.28. The number of rotatable bonds is 16. The van der Waals surface area contributed by atoms with Crippen LogP contribution in [-0.4, -0.2) is 0 Å². The summed E-state index contributed by atoms with van der Waals surface area (Å²) in [5.41, 5.74) is 46.0. The first kappa shape index (κ1) is 71.5. The van der Waals surface area contributed by atoms with Crippen molar-refractivity contribution in [1.29, 1.82) is 0 Å². The van der Waals surface area contributed by atoms with Gasteiger partial charge in [-0.3, -0.25) is 0 Å². The van der Waals surface area contributed by atoms with Crippen LogP contribution in [0.25, 0.3) is 155 Å². The molecule has 3 heterocycles. The molecule has 4 heteroatoms. The zero-order valence-corrected chi connectivity index (χ0v) is 70.6. The molecule has 0 saturated carbocycles. The number of unbranched alkanes of at least 4 members (excludes halogenated alkanes) is 8. The van der Waals surface area contributed by atoms with Crippen molar-refractivity contribution in [2.45, 2.75) is 146 Å². The summed E-state index contributed by atoms with van der Waals surface area (Å²) in [6, 6.07) is 120. The van der Waals surface area contributed by atoms with Crippen LogP contribution >= 0.6 is 0 Å². The zero-order chi connectivity index (χ0) is 81.7. The predicted molar refractivity (Wildman–Crippen MR) is 509 cm³/mol. The smallest absolute Gasteiger partial charge is 0.143 e. The van der Waals surface area contributed by atoms with Gasteiger partial charge in [0.25, 0.3) is 0 Å². The van der Waals surface area contributed by atoms with Crippen molar-refractivity contribution >= 4 is 82.9 Å². The Bertz CT molecular complexity index is 7710. The topological polar surface area (TPSA) is 42.7 Å². The molecule has 0 unspecified atom stereocenters. The Balaban J connectivity index is 0.738. The summed E-state index contributed by atoms with van der Waals surface area (Å²) in [4.78, 5) is 2.70. The number of anilines is 3. The van der Waals surface area contributed by atoms with E-state index in [1.165, 1.54) is 245 Å². The summed E-state index contributed by atoms with van der Waals surface area (Å²) in [5, 5.41) is 7.11. The third-order valence-electron chi connectivity index (χ3n) is 31.0. The molecule has 0 bridgehead atoms. The Labute approximate surface area is 718 Å². The minimum atomic E-state index is -0.746. The van der Waals surface area contributed by atoms with Gasteiger partial charge in [0.15, 0.2) is 0 Å².